The molecule has 1 N–H and O–H groups in total. The summed E-state index contributed by atoms with van der Waals surface area (Å²) < 4.78 is 11.3. The number of methoxy groups -OCH3 is 1. The Bertz CT molecular complexity index is 346. The molecule has 1 aliphatic heterocycles. The number of hydrogen-bond acceptors (Lipinski definition) is 3. The fourth-order valence-electron chi connectivity index (χ4n) is 1.94. The van der Waals surface area contributed by atoms with Gasteiger partial charge in [0.15, 0.2) is 11.5 Å². The van der Waals surface area contributed by atoms with Gasteiger partial charge >= 0.3 is 0 Å². The van der Waals surface area contributed by atoms with Crippen LogP contribution in [0.25, 0.3) is 0 Å². The van der Waals surface area contributed by atoms with Crippen LogP contribution in [0.5, 0.6) is 11.5 Å². The van der Waals surface area contributed by atoms with Gasteiger partial charge in [-0.15, -0.1) is 0 Å². The third-order valence-corrected chi connectivity index (χ3v) is 2.95. The first kappa shape index (κ1) is 11.3. The van der Waals surface area contributed by atoms with Crippen LogP contribution < -0.4 is 14.8 Å². The molecule has 3 heteroatoms. The molecule has 1 fully saturated rings. The lowest BCUT2D eigenvalue weighted by atomic mass is 10.1. The second-order valence-electron chi connectivity index (χ2n) is 4.07. The van der Waals surface area contributed by atoms with E-state index in [9.17, 15) is 0 Å². The van der Waals surface area contributed by atoms with E-state index in [0.29, 0.717) is 0 Å². The van der Waals surface area contributed by atoms with Gasteiger partial charge in [0.25, 0.3) is 0 Å². The zero-order chi connectivity index (χ0) is 11.4. The SMILES string of the molecule is CCc1ccc(OC2CCNC2)c(OC)c1. The van der Waals surface area contributed by atoms with Crippen LogP contribution in [0.4, 0.5) is 0 Å². The van der Waals surface area contributed by atoms with Crippen molar-refractivity contribution >= 4 is 0 Å². The molecule has 0 aromatic heterocycles. The van der Waals surface area contributed by atoms with Crippen LogP contribution in [0, 0.1) is 0 Å². The second kappa shape index (κ2) is 5.21. The lowest BCUT2D eigenvalue weighted by molar-refractivity contribution is 0.212. The Labute approximate surface area is 96.8 Å². The van der Waals surface area contributed by atoms with Crippen molar-refractivity contribution in [2.24, 2.45) is 0 Å². The smallest absolute Gasteiger partial charge is 0.161 e. The van der Waals surface area contributed by atoms with Gasteiger partial charge in [0.1, 0.15) is 6.10 Å². The van der Waals surface area contributed by atoms with E-state index in [4.69, 9.17) is 9.47 Å². The highest BCUT2D eigenvalue weighted by molar-refractivity contribution is 5.43. The van der Waals surface area contributed by atoms with Crippen LogP contribution in [0.2, 0.25) is 0 Å². The van der Waals surface area contributed by atoms with Crippen molar-refractivity contribution in [1.82, 2.24) is 5.32 Å². The first-order valence-electron chi connectivity index (χ1n) is 5.87. The van der Waals surface area contributed by atoms with Crippen LogP contribution in [-0.4, -0.2) is 26.3 Å². The molecular formula is C13H19NO2. The first-order chi connectivity index (χ1) is 7.83. The van der Waals surface area contributed by atoms with Crippen LogP contribution in [0.1, 0.15) is 18.9 Å². The minimum absolute atomic E-state index is 0.279. The molecule has 0 saturated carbocycles. The van der Waals surface area contributed by atoms with E-state index in [1.165, 1.54) is 5.56 Å². The standard InChI is InChI=1S/C13H19NO2/c1-3-10-4-5-12(13(8-10)15-2)16-11-6-7-14-9-11/h4-5,8,11,14H,3,6-7,9H2,1-2H3. The Balaban J connectivity index is 2.12. The second-order valence-corrected chi connectivity index (χ2v) is 4.07. The average molecular weight is 221 g/mol. The van der Waals surface area contributed by atoms with Gasteiger partial charge in [0.2, 0.25) is 0 Å². The monoisotopic (exact) mass is 221 g/mol. The van der Waals surface area contributed by atoms with Gasteiger partial charge in [-0.25, -0.2) is 0 Å². The van der Waals surface area contributed by atoms with E-state index < -0.39 is 0 Å². The molecule has 1 atom stereocenters. The third kappa shape index (κ3) is 2.47. The fourth-order valence-corrected chi connectivity index (χ4v) is 1.94. The Morgan fingerprint density at radius 3 is 2.88 bits per heavy atom. The summed E-state index contributed by atoms with van der Waals surface area (Å²) in [4.78, 5) is 0. The zero-order valence-corrected chi connectivity index (χ0v) is 9.95. The highest BCUT2D eigenvalue weighted by Crippen LogP contribution is 2.29. The summed E-state index contributed by atoms with van der Waals surface area (Å²) >= 11 is 0. The van der Waals surface area contributed by atoms with E-state index in [1.54, 1.807) is 7.11 Å². The number of rotatable bonds is 4. The average Bonchev–Trinajstić information content (AvgIpc) is 2.82. The van der Waals surface area contributed by atoms with Crippen molar-refractivity contribution in [2.75, 3.05) is 20.2 Å². The topological polar surface area (TPSA) is 30.5 Å². The number of aryl methyl sites for hydroxylation is 1. The van der Waals surface area contributed by atoms with Crippen molar-refractivity contribution < 1.29 is 9.47 Å². The molecular weight excluding hydrogens is 202 g/mol. The fraction of sp³-hybridized carbons (Fsp3) is 0.538. The van der Waals surface area contributed by atoms with Crippen LogP contribution >= 0.6 is 0 Å². The molecule has 0 radical (unpaired) electrons. The summed E-state index contributed by atoms with van der Waals surface area (Å²) in [6.07, 6.45) is 2.36. The predicted octanol–water partition coefficient (Wildman–Crippen LogP) is 2.00. The molecule has 1 heterocycles. The molecule has 0 amide bonds. The maximum absolute atomic E-state index is 5.91. The minimum Gasteiger partial charge on any atom is -0.493 e. The first-order valence-corrected chi connectivity index (χ1v) is 5.87. The normalized spacial score (nSPS) is 19.8. The predicted molar refractivity (Wildman–Crippen MR) is 64.3 cm³/mol. The van der Waals surface area contributed by atoms with E-state index in [1.807, 2.05) is 6.07 Å². The summed E-state index contributed by atoms with van der Waals surface area (Å²) in [5.74, 6) is 1.69. The van der Waals surface area contributed by atoms with Crippen molar-refractivity contribution in [3.8, 4) is 11.5 Å². The van der Waals surface area contributed by atoms with Crippen LogP contribution in [-0.2, 0) is 6.42 Å². The lowest BCUT2D eigenvalue weighted by Gasteiger charge is -2.15. The molecule has 1 saturated heterocycles. The quantitative estimate of drug-likeness (QED) is 0.843. The molecule has 1 aromatic rings. The van der Waals surface area contributed by atoms with Gasteiger partial charge in [-0.3, -0.25) is 0 Å². The van der Waals surface area contributed by atoms with E-state index in [0.717, 1.165) is 37.4 Å². The molecule has 2 rings (SSSR count). The van der Waals surface area contributed by atoms with Crippen molar-refractivity contribution in [3.05, 3.63) is 23.8 Å². The number of nitrogens with one attached hydrogen (secondary N) is 1. The third-order valence-electron chi connectivity index (χ3n) is 2.95. The molecule has 1 aliphatic rings. The van der Waals surface area contributed by atoms with E-state index in [2.05, 4.69) is 24.4 Å². The summed E-state index contributed by atoms with van der Waals surface area (Å²) in [6, 6.07) is 6.16. The van der Waals surface area contributed by atoms with Gasteiger partial charge in [0.05, 0.1) is 7.11 Å². The Hall–Kier alpha value is -1.22. The van der Waals surface area contributed by atoms with Gasteiger partial charge < -0.3 is 14.8 Å². The molecule has 1 aromatic carbocycles. The van der Waals surface area contributed by atoms with Crippen molar-refractivity contribution in [3.63, 3.8) is 0 Å². The molecule has 0 aliphatic carbocycles. The molecule has 1 unspecified atom stereocenters. The number of benzene rings is 1. The van der Waals surface area contributed by atoms with Crippen molar-refractivity contribution in [1.29, 1.82) is 0 Å². The van der Waals surface area contributed by atoms with Gasteiger partial charge in [-0.05, 0) is 37.1 Å². The molecule has 3 nitrogen and oxygen atoms in total. The molecule has 0 bridgehead atoms. The number of hydrogen-bond donors (Lipinski definition) is 1. The maximum atomic E-state index is 5.91. The minimum atomic E-state index is 0.279. The maximum Gasteiger partial charge on any atom is 0.161 e. The summed E-state index contributed by atoms with van der Waals surface area (Å²) in [5.41, 5.74) is 1.27. The highest BCUT2D eigenvalue weighted by atomic mass is 16.5. The largest absolute Gasteiger partial charge is 0.493 e. The Morgan fingerprint density at radius 2 is 2.25 bits per heavy atom. The zero-order valence-electron chi connectivity index (χ0n) is 9.95. The summed E-state index contributed by atoms with van der Waals surface area (Å²) in [6.45, 7) is 4.11. The van der Waals surface area contributed by atoms with Crippen LogP contribution in [0.15, 0.2) is 18.2 Å². The van der Waals surface area contributed by atoms with Gasteiger partial charge in [-0.1, -0.05) is 13.0 Å². The van der Waals surface area contributed by atoms with E-state index >= 15 is 0 Å². The summed E-state index contributed by atoms with van der Waals surface area (Å²) in [7, 11) is 1.69. The Kier molecular flexibility index (Phi) is 3.67. The Morgan fingerprint density at radius 1 is 1.38 bits per heavy atom. The number of ether oxygens (including phenoxy) is 2. The molecule has 88 valence electrons. The van der Waals surface area contributed by atoms with Gasteiger partial charge in [0, 0.05) is 6.54 Å². The summed E-state index contributed by atoms with van der Waals surface area (Å²) in [5, 5.41) is 3.29. The van der Waals surface area contributed by atoms with Gasteiger partial charge in [-0.2, -0.15) is 0 Å². The van der Waals surface area contributed by atoms with Crippen LogP contribution in [0.3, 0.4) is 0 Å². The highest BCUT2D eigenvalue weighted by Gasteiger charge is 2.17. The lowest BCUT2D eigenvalue weighted by Crippen LogP contribution is -2.19. The van der Waals surface area contributed by atoms with Crippen molar-refractivity contribution in [2.45, 2.75) is 25.9 Å². The van der Waals surface area contributed by atoms with E-state index in [-0.39, 0.29) is 6.10 Å². The molecule has 16 heavy (non-hydrogen) atoms. The molecule has 0 spiro atoms.